The van der Waals surface area contributed by atoms with Gasteiger partial charge in [-0.2, -0.15) is 5.10 Å². The number of rotatable bonds is 9. The van der Waals surface area contributed by atoms with Crippen LogP contribution < -0.4 is 5.32 Å². The van der Waals surface area contributed by atoms with Crippen LogP contribution in [0.1, 0.15) is 48.7 Å². The van der Waals surface area contributed by atoms with E-state index in [-0.39, 0.29) is 30.7 Å². The highest BCUT2D eigenvalue weighted by atomic mass is 32.1. The third-order valence-corrected chi connectivity index (χ3v) is 12.3. The molecule has 0 bridgehead atoms. The molecule has 2 fully saturated rings. The second-order valence-corrected chi connectivity index (χ2v) is 21.1. The van der Waals surface area contributed by atoms with E-state index in [0.717, 1.165) is 64.6 Å². The van der Waals surface area contributed by atoms with Crippen LogP contribution in [-0.4, -0.2) is 95.9 Å². The normalized spacial score (nSPS) is 22.6. The van der Waals surface area contributed by atoms with E-state index in [2.05, 4.69) is 72.1 Å². The van der Waals surface area contributed by atoms with Gasteiger partial charge in [-0.1, -0.05) is 32.6 Å². The zero-order chi connectivity index (χ0) is 33.3. The molecular weight excluding hydrogens is 631 g/mol. The van der Waals surface area contributed by atoms with Crippen LogP contribution in [0.4, 0.5) is 5.69 Å². The number of piperidine rings is 2. The number of carbonyl (C=O) groups is 2. The lowest BCUT2D eigenvalue weighted by atomic mass is 9.89. The summed E-state index contributed by atoms with van der Waals surface area (Å²) in [5, 5.41) is 9.20. The number of fused-ring (bicyclic) bond motifs is 2. The van der Waals surface area contributed by atoms with Crippen molar-refractivity contribution in [3.63, 3.8) is 0 Å². The van der Waals surface area contributed by atoms with E-state index >= 15 is 0 Å². The number of anilines is 1. The lowest BCUT2D eigenvalue weighted by molar-refractivity contribution is -0.146. The number of methoxy groups -OCH3 is 1. The van der Waals surface area contributed by atoms with E-state index in [1.165, 1.54) is 0 Å². The Bertz CT molecular complexity index is 1740. The Morgan fingerprint density at radius 3 is 2.72 bits per heavy atom. The molecule has 2 unspecified atom stereocenters. The molecule has 0 saturated carbocycles. The molecule has 11 nitrogen and oxygen atoms in total. The Hall–Kier alpha value is -3.23. The summed E-state index contributed by atoms with van der Waals surface area (Å²) >= 11 is 1.73. The smallest absolute Gasteiger partial charge is 0.314 e. The van der Waals surface area contributed by atoms with Gasteiger partial charge in [0.25, 0.3) is 0 Å². The van der Waals surface area contributed by atoms with Crippen molar-refractivity contribution < 1.29 is 19.1 Å². The topological polar surface area (TPSA) is 115 Å². The van der Waals surface area contributed by atoms with Gasteiger partial charge in [0.2, 0.25) is 0 Å². The van der Waals surface area contributed by atoms with Gasteiger partial charge >= 0.3 is 11.8 Å². The third-order valence-electron chi connectivity index (χ3n) is 9.47. The fourth-order valence-corrected chi connectivity index (χ4v) is 8.60. The first-order chi connectivity index (χ1) is 22.5. The molecule has 2 aliphatic rings. The summed E-state index contributed by atoms with van der Waals surface area (Å²) in [6.45, 7) is 12.4. The Kier molecular flexibility index (Phi) is 10.1. The maximum Gasteiger partial charge on any atom is 0.314 e. The zero-order valence-corrected chi connectivity index (χ0v) is 30.2. The number of likely N-dealkylation sites (N-methyl/N-ethyl adjacent to an activating group) is 1. The minimum Gasteiger partial charge on any atom is -0.379 e. The Balaban J connectivity index is 1.20. The van der Waals surface area contributed by atoms with Crippen LogP contribution in [0, 0.1) is 5.92 Å². The summed E-state index contributed by atoms with van der Waals surface area (Å²) in [5.41, 5.74) is 3.06. The largest absolute Gasteiger partial charge is 0.379 e. The molecule has 0 aliphatic carbocycles. The van der Waals surface area contributed by atoms with E-state index in [1.54, 1.807) is 46.6 Å². The molecule has 4 atom stereocenters. The first kappa shape index (κ1) is 33.7. The Morgan fingerprint density at radius 1 is 1.11 bits per heavy atom. The van der Waals surface area contributed by atoms with Crippen LogP contribution in [0.3, 0.4) is 0 Å². The van der Waals surface area contributed by atoms with Gasteiger partial charge in [-0.3, -0.25) is 14.6 Å². The van der Waals surface area contributed by atoms with Gasteiger partial charge in [-0.25, -0.2) is 9.67 Å². The lowest BCUT2D eigenvalue weighted by Crippen LogP contribution is -2.46. The maximum absolute atomic E-state index is 13.9. The van der Waals surface area contributed by atoms with Crippen LogP contribution in [0.5, 0.6) is 0 Å². The van der Waals surface area contributed by atoms with Crippen molar-refractivity contribution in [2.24, 2.45) is 5.92 Å². The number of benzene rings is 1. The second kappa shape index (κ2) is 14.1. The van der Waals surface area contributed by atoms with Crippen molar-refractivity contribution in [3.05, 3.63) is 47.4 Å². The van der Waals surface area contributed by atoms with Crippen LogP contribution in [0.25, 0.3) is 21.1 Å². The van der Waals surface area contributed by atoms with Crippen molar-refractivity contribution in [3.8, 4) is 0 Å². The standard InChI is InChI=1S/C34H47N7O4SSi/c1-22-7-9-28(23-8-10-30-26(15-23)38-33(46-30)25-11-12-39(2)20-29(25)44-3)40(19-22)34(43)32(42)37-27-18-35-16-24-17-36-41(31(24)27)21-45-13-14-47(4,5)6/h8,10,15-18,22,25,28-29H,7,9,11-14,19-21H2,1-6H3,(H,37,42)/t22-,25?,28+,29?/m0/s1. The summed E-state index contributed by atoms with van der Waals surface area (Å²) in [4.78, 5) is 40.9. The summed E-state index contributed by atoms with van der Waals surface area (Å²) in [5.74, 6) is -0.686. The van der Waals surface area contributed by atoms with Gasteiger partial charge in [0.05, 0.1) is 51.0 Å². The molecule has 2 saturated heterocycles. The molecule has 47 heavy (non-hydrogen) atoms. The third kappa shape index (κ3) is 7.59. The highest BCUT2D eigenvalue weighted by Gasteiger charge is 2.35. The monoisotopic (exact) mass is 677 g/mol. The number of carbonyl (C=O) groups excluding carboxylic acids is 2. The zero-order valence-electron chi connectivity index (χ0n) is 28.4. The highest BCUT2D eigenvalue weighted by molar-refractivity contribution is 7.18. The second-order valence-electron chi connectivity index (χ2n) is 14.4. The van der Waals surface area contributed by atoms with Gasteiger partial charge in [0, 0.05) is 52.4 Å². The van der Waals surface area contributed by atoms with Crippen LogP contribution in [0.15, 0.2) is 36.8 Å². The molecule has 3 aromatic heterocycles. The minimum absolute atomic E-state index is 0.113. The van der Waals surface area contributed by atoms with Gasteiger partial charge in [0.15, 0.2) is 0 Å². The number of hydrogen-bond donors (Lipinski definition) is 1. The first-order valence-electron chi connectivity index (χ1n) is 16.6. The quantitative estimate of drug-likeness (QED) is 0.136. The van der Waals surface area contributed by atoms with E-state index in [0.29, 0.717) is 24.4 Å². The molecule has 0 radical (unpaired) electrons. The van der Waals surface area contributed by atoms with Gasteiger partial charge in [0.1, 0.15) is 6.73 Å². The minimum atomic E-state index is -1.23. The number of pyridine rings is 1. The number of hydrogen-bond acceptors (Lipinski definition) is 9. The number of aromatic nitrogens is 4. The SMILES string of the molecule is COC1CN(C)CCC1c1nc2cc([C@H]3CC[C@H](C)CN3C(=O)C(=O)Nc3cncc4cnn(COCC[Si](C)(C)C)c34)ccc2s1. The average Bonchev–Trinajstić information content (AvgIpc) is 3.66. The van der Waals surface area contributed by atoms with Crippen molar-refractivity contribution >= 4 is 58.0 Å². The predicted molar refractivity (Wildman–Crippen MR) is 188 cm³/mol. The summed E-state index contributed by atoms with van der Waals surface area (Å²) < 4.78 is 14.6. The first-order valence-corrected chi connectivity index (χ1v) is 21.1. The number of nitrogens with one attached hydrogen (secondary N) is 1. The molecule has 1 N–H and O–H groups in total. The average molecular weight is 678 g/mol. The van der Waals surface area contributed by atoms with Crippen molar-refractivity contribution in [2.75, 3.05) is 45.7 Å². The molecule has 6 rings (SSSR count). The molecule has 2 amide bonds. The molecule has 2 aliphatic heterocycles. The van der Waals surface area contributed by atoms with Gasteiger partial charge in [-0.05, 0) is 62.5 Å². The highest BCUT2D eigenvalue weighted by Crippen LogP contribution is 2.38. The number of thiazole rings is 1. The summed E-state index contributed by atoms with van der Waals surface area (Å²) in [6.07, 6.45) is 7.84. The van der Waals surface area contributed by atoms with E-state index < -0.39 is 19.9 Å². The number of nitrogens with zero attached hydrogens (tertiary/aromatic N) is 6. The summed E-state index contributed by atoms with van der Waals surface area (Å²) in [6, 6.07) is 7.15. The fraction of sp³-hybridized carbons (Fsp3) is 0.559. The summed E-state index contributed by atoms with van der Waals surface area (Å²) in [7, 11) is 2.68. The number of amides is 2. The number of likely N-dealkylation sites (tertiary alicyclic amines) is 2. The van der Waals surface area contributed by atoms with Crippen molar-refractivity contribution in [1.29, 1.82) is 0 Å². The molecular formula is C34H47N7O4SSi. The number of ether oxygens (including phenoxy) is 2. The molecule has 4 aromatic rings. The maximum atomic E-state index is 13.9. The molecule has 252 valence electrons. The van der Waals surface area contributed by atoms with E-state index in [4.69, 9.17) is 14.5 Å². The Labute approximate surface area is 281 Å². The van der Waals surface area contributed by atoms with Crippen LogP contribution in [0.2, 0.25) is 25.7 Å². The van der Waals surface area contributed by atoms with Crippen molar-refractivity contribution in [2.45, 2.75) is 76.7 Å². The molecule has 13 heteroatoms. The van der Waals surface area contributed by atoms with E-state index in [1.807, 2.05) is 0 Å². The van der Waals surface area contributed by atoms with Gasteiger partial charge < -0.3 is 24.6 Å². The molecule has 5 heterocycles. The molecule has 0 spiro atoms. The lowest BCUT2D eigenvalue weighted by Gasteiger charge is -2.38. The fourth-order valence-electron chi connectivity index (χ4n) is 6.71. The van der Waals surface area contributed by atoms with Crippen LogP contribution >= 0.6 is 11.3 Å². The molecule has 1 aromatic carbocycles. The van der Waals surface area contributed by atoms with Crippen molar-refractivity contribution in [1.82, 2.24) is 29.5 Å². The predicted octanol–water partition coefficient (Wildman–Crippen LogP) is 5.73. The van der Waals surface area contributed by atoms with Gasteiger partial charge in [-0.15, -0.1) is 11.3 Å². The Morgan fingerprint density at radius 2 is 1.94 bits per heavy atom. The van der Waals surface area contributed by atoms with Crippen LogP contribution in [-0.2, 0) is 25.8 Å². The van der Waals surface area contributed by atoms with E-state index in [9.17, 15) is 9.59 Å².